The molecule has 0 heterocycles. The molecule has 5 heteroatoms. The van der Waals surface area contributed by atoms with Gasteiger partial charge in [-0.2, -0.15) is 0 Å². The van der Waals surface area contributed by atoms with E-state index in [1.54, 1.807) is 0 Å². The highest BCUT2D eigenvalue weighted by molar-refractivity contribution is 7.80. The zero-order chi connectivity index (χ0) is 15.2. The number of fused-ring (bicyclic) bond motifs is 1. The lowest BCUT2D eigenvalue weighted by atomic mass is 10.0. The lowest BCUT2D eigenvalue weighted by Crippen LogP contribution is -2.19. The van der Waals surface area contributed by atoms with Gasteiger partial charge in [0, 0.05) is 17.3 Å². The first kappa shape index (κ1) is 15.4. The second kappa shape index (κ2) is 7.13. The molecule has 0 spiro atoms. The number of unbranched alkanes of at least 4 members (excludes halogenated alkanes) is 1. The van der Waals surface area contributed by atoms with Gasteiger partial charge in [0.25, 0.3) is 0 Å². The van der Waals surface area contributed by atoms with E-state index in [1.807, 2.05) is 37.3 Å². The molecule has 2 aromatic carbocycles. The molecule has 0 aliphatic carbocycles. The van der Waals surface area contributed by atoms with Crippen molar-refractivity contribution >= 4 is 33.8 Å². The number of nitrogens with one attached hydrogen (secondary N) is 1. The van der Waals surface area contributed by atoms with Crippen LogP contribution < -0.4 is 5.32 Å². The standard InChI is InChI=1S/C16H19N3OS/c1-3-4-9-17-16(21)19-18-14-10-11(2)15(20)13-8-6-5-7-12(13)14/h5-8,10,20H,3-4,9H2,1-2H3,(H,17,21). The smallest absolute Gasteiger partial charge is 0.213 e. The monoisotopic (exact) mass is 301 g/mol. The zero-order valence-electron chi connectivity index (χ0n) is 12.3. The first-order valence-corrected chi connectivity index (χ1v) is 7.45. The number of aryl methyl sites for hydroxylation is 1. The van der Waals surface area contributed by atoms with Gasteiger partial charge in [-0.05, 0) is 37.2 Å². The Kier molecular flexibility index (Phi) is 5.22. The van der Waals surface area contributed by atoms with Crippen molar-refractivity contribution in [2.75, 3.05) is 6.54 Å². The van der Waals surface area contributed by atoms with Crippen LogP contribution >= 0.6 is 12.2 Å². The minimum absolute atomic E-state index is 0.285. The van der Waals surface area contributed by atoms with Gasteiger partial charge in [-0.3, -0.25) is 0 Å². The Balaban J connectivity index is 2.26. The van der Waals surface area contributed by atoms with Crippen molar-refractivity contribution in [3.8, 4) is 5.75 Å². The number of azo groups is 1. The van der Waals surface area contributed by atoms with E-state index >= 15 is 0 Å². The predicted octanol–water partition coefficient (Wildman–Crippen LogP) is 4.61. The molecule has 0 saturated carbocycles. The number of rotatable bonds is 4. The Bertz CT molecular complexity index is 683. The number of nitrogens with zero attached hydrogens (tertiary/aromatic N) is 2. The third-order valence-electron chi connectivity index (χ3n) is 3.24. The SMILES string of the molecule is CCCCNC(=S)N=Nc1cc(C)c(O)c2ccccc12. The number of phenolic OH excluding ortho intramolecular Hbond substituents is 1. The van der Waals surface area contributed by atoms with Gasteiger partial charge >= 0.3 is 0 Å². The Morgan fingerprint density at radius 3 is 2.71 bits per heavy atom. The largest absolute Gasteiger partial charge is 0.507 e. The van der Waals surface area contributed by atoms with E-state index in [1.165, 1.54) is 0 Å². The molecule has 2 aromatic rings. The molecule has 0 unspecified atom stereocenters. The van der Waals surface area contributed by atoms with E-state index in [2.05, 4.69) is 22.5 Å². The summed E-state index contributed by atoms with van der Waals surface area (Å²) >= 11 is 5.13. The highest BCUT2D eigenvalue weighted by Gasteiger charge is 2.08. The molecule has 21 heavy (non-hydrogen) atoms. The fourth-order valence-corrected chi connectivity index (χ4v) is 2.21. The van der Waals surface area contributed by atoms with Crippen molar-refractivity contribution < 1.29 is 5.11 Å². The maximum absolute atomic E-state index is 10.1. The minimum Gasteiger partial charge on any atom is -0.507 e. The summed E-state index contributed by atoms with van der Waals surface area (Å²) in [6.07, 6.45) is 2.16. The molecule has 0 saturated heterocycles. The van der Waals surface area contributed by atoms with Gasteiger partial charge in [0.2, 0.25) is 5.11 Å². The molecule has 0 fully saturated rings. The van der Waals surface area contributed by atoms with E-state index in [-0.39, 0.29) is 5.75 Å². The van der Waals surface area contributed by atoms with Crippen LogP contribution in [0.1, 0.15) is 25.3 Å². The number of hydrogen-bond donors (Lipinski definition) is 2. The minimum atomic E-state index is 0.285. The van der Waals surface area contributed by atoms with Crippen LogP contribution in [0.25, 0.3) is 10.8 Å². The Labute approximate surface area is 129 Å². The Morgan fingerprint density at radius 2 is 2.00 bits per heavy atom. The molecule has 0 bridgehead atoms. The number of hydrogen-bond acceptors (Lipinski definition) is 3. The average molecular weight is 301 g/mol. The average Bonchev–Trinajstić information content (AvgIpc) is 2.50. The molecule has 0 aliphatic rings. The van der Waals surface area contributed by atoms with Gasteiger partial charge in [-0.15, -0.1) is 10.2 Å². The Morgan fingerprint density at radius 1 is 1.29 bits per heavy atom. The molecule has 2 rings (SSSR count). The van der Waals surface area contributed by atoms with E-state index in [0.29, 0.717) is 10.8 Å². The summed E-state index contributed by atoms with van der Waals surface area (Å²) in [6.45, 7) is 4.78. The van der Waals surface area contributed by atoms with Crippen LogP contribution in [0.4, 0.5) is 5.69 Å². The second-order valence-corrected chi connectivity index (χ2v) is 5.28. The fraction of sp³-hybridized carbons (Fsp3) is 0.312. The van der Waals surface area contributed by atoms with Crippen LogP contribution in [0.2, 0.25) is 0 Å². The third kappa shape index (κ3) is 3.76. The van der Waals surface area contributed by atoms with Crippen LogP contribution in [0.5, 0.6) is 5.75 Å². The van der Waals surface area contributed by atoms with Crippen LogP contribution in [0.15, 0.2) is 40.6 Å². The summed E-state index contributed by atoms with van der Waals surface area (Å²) in [7, 11) is 0. The molecule has 0 atom stereocenters. The molecule has 0 aromatic heterocycles. The van der Waals surface area contributed by atoms with Gasteiger partial charge in [0.05, 0.1) is 5.69 Å². The Hall–Kier alpha value is -2.01. The molecule has 0 radical (unpaired) electrons. The highest BCUT2D eigenvalue weighted by atomic mass is 32.1. The van der Waals surface area contributed by atoms with Crippen molar-refractivity contribution in [2.24, 2.45) is 10.2 Å². The molecule has 2 N–H and O–H groups in total. The van der Waals surface area contributed by atoms with Crippen molar-refractivity contribution in [3.05, 3.63) is 35.9 Å². The maximum Gasteiger partial charge on any atom is 0.213 e. The number of thiocarbonyl (C=S) groups is 1. The van der Waals surface area contributed by atoms with Crippen molar-refractivity contribution in [1.29, 1.82) is 0 Å². The molecular formula is C16H19N3OS. The van der Waals surface area contributed by atoms with Gasteiger partial charge in [0.1, 0.15) is 5.75 Å². The summed E-state index contributed by atoms with van der Waals surface area (Å²) < 4.78 is 0. The zero-order valence-corrected chi connectivity index (χ0v) is 13.1. The number of phenols is 1. The summed E-state index contributed by atoms with van der Waals surface area (Å²) in [5, 5.41) is 23.4. The van der Waals surface area contributed by atoms with E-state index < -0.39 is 0 Å². The summed E-state index contributed by atoms with van der Waals surface area (Å²) in [5.41, 5.74) is 1.48. The van der Waals surface area contributed by atoms with Gasteiger partial charge in [-0.25, -0.2) is 0 Å². The molecule has 0 aliphatic heterocycles. The first-order valence-electron chi connectivity index (χ1n) is 7.04. The topological polar surface area (TPSA) is 57.0 Å². The third-order valence-corrected chi connectivity index (χ3v) is 3.47. The van der Waals surface area contributed by atoms with E-state index in [4.69, 9.17) is 12.2 Å². The normalized spacial score (nSPS) is 11.1. The van der Waals surface area contributed by atoms with Crippen LogP contribution in [-0.2, 0) is 0 Å². The highest BCUT2D eigenvalue weighted by Crippen LogP contribution is 2.35. The van der Waals surface area contributed by atoms with Gasteiger partial charge in [0.15, 0.2) is 0 Å². The second-order valence-electron chi connectivity index (χ2n) is 4.89. The lowest BCUT2D eigenvalue weighted by molar-refractivity contribution is 0.477. The molecular weight excluding hydrogens is 282 g/mol. The maximum atomic E-state index is 10.1. The molecule has 4 nitrogen and oxygen atoms in total. The molecule has 0 amide bonds. The summed E-state index contributed by atoms with van der Waals surface area (Å²) in [5.74, 6) is 0.285. The van der Waals surface area contributed by atoms with Crippen molar-refractivity contribution in [2.45, 2.75) is 26.7 Å². The van der Waals surface area contributed by atoms with Crippen LogP contribution in [0.3, 0.4) is 0 Å². The van der Waals surface area contributed by atoms with Gasteiger partial charge in [-0.1, -0.05) is 37.6 Å². The van der Waals surface area contributed by atoms with E-state index in [0.717, 1.165) is 35.7 Å². The van der Waals surface area contributed by atoms with Crippen LogP contribution in [0, 0.1) is 6.92 Å². The van der Waals surface area contributed by atoms with Gasteiger partial charge < -0.3 is 10.4 Å². The van der Waals surface area contributed by atoms with Crippen molar-refractivity contribution in [3.63, 3.8) is 0 Å². The van der Waals surface area contributed by atoms with E-state index in [9.17, 15) is 5.11 Å². The first-order chi connectivity index (χ1) is 10.1. The number of benzene rings is 2. The summed E-state index contributed by atoms with van der Waals surface area (Å²) in [4.78, 5) is 0. The lowest BCUT2D eigenvalue weighted by Gasteiger charge is -2.07. The number of aromatic hydroxyl groups is 1. The quantitative estimate of drug-likeness (QED) is 0.492. The molecule has 110 valence electrons. The predicted molar refractivity (Wildman–Crippen MR) is 90.4 cm³/mol. The fourth-order valence-electron chi connectivity index (χ4n) is 2.07. The van der Waals surface area contributed by atoms with Crippen LogP contribution in [-0.4, -0.2) is 16.8 Å². The summed E-state index contributed by atoms with van der Waals surface area (Å²) in [6, 6.07) is 9.40. The van der Waals surface area contributed by atoms with Crippen molar-refractivity contribution in [1.82, 2.24) is 5.32 Å².